The normalized spacial score (nSPS) is 21.6. The fourth-order valence-corrected chi connectivity index (χ4v) is 3.16. The second-order valence-electron chi connectivity index (χ2n) is 4.42. The van der Waals surface area contributed by atoms with Gasteiger partial charge >= 0.3 is 0 Å². The van der Waals surface area contributed by atoms with Gasteiger partial charge in [-0.2, -0.15) is 0 Å². The quantitative estimate of drug-likeness (QED) is 0.729. The molecule has 1 atom stereocenters. The topological polar surface area (TPSA) is 35.9 Å². The van der Waals surface area contributed by atoms with Gasteiger partial charge in [0.1, 0.15) is 0 Å². The first-order valence-corrected chi connectivity index (χ1v) is 6.56. The number of fused-ring (bicyclic) bond motifs is 1. The third-order valence-electron chi connectivity index (χ3n) is 3.15. The Morgan fingerprint density at radius 1 is 1.41 bits per heavy atom. The minimum Gasteiger partial charge on any atom is -0.357 e. The van der Waals surface area contributed by atoms with Gasteiger partial charge in [-0.3, -0.25) is 0 Å². The highest BCUT2D eigenvalue weighted by Crippen LogP contribution is 2.43. The molecular formula is C14H14N2S. The molecule has 0 saturated heterocycles. The molecule has 1 heterocycles. The summed E-state index contributed by atoms with van der Waals surface area (Å²) >= 11 is 1.81. The van der Waals surface area contributed by atoms with E-state index in [0.717, 1.165) is 12.1 Å². The van der Waals surface area contributed by atoms with E-state index in [0.29, 0.717) is 0 Å². The van der Waals surface area contributed by atoms with Gasteiger partial charge in [-0.15, -0.1) is 0 Å². The van der Waals surface area contributed by atoms with Crippen LogP contribution in [0.25, 0.3) is 0 Å². The van der Waals surface area contributed by atoms with Crippen LogP contribution in [0.4, 0.5) is 5.69 Å². The molecular weight excluding hydrogens is 228 g/mol. The maximum atomic E-state index is 7.73. The summed E-state index contributed by atoms with van der Waals surface area (Å²) in [4.78, 5) is 2.57. The van der Waals surface area contributed by atoms with E-state index in [1.54, 1.807) is 0 Å². The van der Waals surface area contributed by atoms with Crippen LogP contribution in [0, 0.1) is 11.3 Å². The van der Waals surface area contributed by atoms with Crippen LogP contribution in [0.1, 0.15) is 13.3 Å². The lowest BCUT2D eigenvalue weighted by Gasteiger charge is -2.27. The highest BCUT2D eigenvalue weighted by Gasteiger charge is 2.22. The van der Waals surface area contributed by atoms with Crippen molar-refractivity contribution in [1.82, 2.24) is 0 Å². The molecule has 0 spiro atoms. The molecule has 0 radical (unpaired) electrons. The Labute approximate surface area is 105 Å². The smallest absolute Gasteiger partial charge is 0.0523 e. The van der Waals surface area contributed by atoms with E-state index in [4.69, 9.17) is 5.41 Å². The Morgan fingerprint density at radius 2 is 2.24 bits per heavy atom. The van der Waals surface area contributed by atoms with Crippen LogP contribution in [0.3, 0.4) is 0 Å². The van der Waals surface area contributed by atoms with Crippen molar-refractivity contribution < 1.29 is 0 Å². The van der Waals surface area contributed by atoms with Crippen molar-refractivity contribution in [1.29, 1.82) is 5.41 Å². The molecule has 2 aliphatic rings. The van der Waals surface area contributed by atoms with E-state index < -0.39 is 0 Å². The van der Waals surface area contributed by atoms with Gasteiger partial charge in [-0.05, 0) is 25.1 Å². The molecule has 0 aromatic heterocycles. The van der Waals surface area contributed by atoms with Crippen LogP contribution >= 0.6 is 11.8 Å². The minimum absolute atomic E-state index is 0.257. The monoisotopic (exact) mass is 242 g/mol. The van der Waals surface area contributed by atoms with Crippen LogP contribution in [0.2, 0.25) is 0 Å². The number of hydrogen-bond acceptors (Lipinski definition) is 3. The lowest BCUT2D eigenvalue weighted by atomic mass is 9.94. The Kier molecular flexibility index (Phi) is 2.56. The van der Waals surface area contributed by atoms with Gasteiger partial charge in [0.05, 0.1) is 5.69 Å². The summed E-state index contributed by atoms with van der Waals surface area (Å²) in [5.41, 5.74) is 3.18. The SMILES string of the molecule is CC(=N)C1C=CC2=C(C1)Nc1ccccc1S2. The zero-order valence-corrected chi connectivity index (χ0v) is 10.5. The van der Waals surface area contributed by atoms with Crippen molar-refractivity contribution in [2.45, 2.75) is 18.2 Å². The molecule has 0 amide bonds. The fraction of sp³-hybridized carbons (Fsp3) is 0.214. The average Bonchev–Trinajstić information content (AvgIpc) is 2.35. The Bertz CT molecular complexity index is 543. The van der Waals surface area contributed by atoms with Gasteiger partial charge in [0.25, 0.3) is 0 Å². The molecule has 1 unspecified atom stereocenters. The summed E-state index contributed by atoms with van der Waals surface area (Å²) in [6.07, 6.45) is 5.21. The Hall–Kier alpha value is -1.48. The van der Waals surface area contributed by atoms with E-state index in [9.17, 15) is 0 Å². The third-order valence-corrected chi connectivity index (χ3v) is 4.33. The number of nitrogens with one attached hydrogen (secondary N) is 2. The highest BCUT2D eigenvalue weighted by molar-refractivity contribution is 8.03. The van der Waals surface area contributed by atoms with Crippen molar-refractivity contribution in [2.24, 2.45) is 5.92 Å². The zero-order chi connectivity index (χ0) is 11.8. The predicted molar refractivity (Wildman–Crippen MR) is 73.6 cm³/mol. The Balaban J connectivity index is 1.91. The molecule has 0 bridgehead atoms. The standard InChI is InChI=1S/C14H14N2S/c1-9(15)10-6-7-14-12(8-10)16-11-4-2-3-5-13(11)17-14/h2-7,10,15-16H,8H2,1H3. The second-order valence-corrected chi connectivity index (χ2v) is 5.50. The predicted octanol–water partition coefficient (Wildman–Crippen LogP) is 4.03. The summed E-state index contributed by atoms with van der Waals surface area (Å²) in [6.45, 7) is 1.88. The van der Waals surface area contributed by atoms with Crippen LogP contribution in [-0.2, 0) is 0 Å². The molecule has 0 saturated carbocycles. The first kappa shape index (κ1) is 10.7. The number of anilines is 1. The number of benzene rings is 1. The van der Waals surface area contributed by atoms with Gasteiger partial charge in [-0.25, -0.2) is 0 Å². The Morgan fingerprint density at radius 3 is 3.06 bits per heavy atom. The second kappa shape index (κ2) is 4.08. The summed E-state index contributed by atoms with van der Waals surface area (Å²) in [5.74, 6) is 0.257. The summed E-state index contributed by atoms with van der Waals surface area (Å²) in [6, 6.07) is 8.36. The van der Waals surface area contributed by atoms with E-state index in [-0.39, 0.29) is 5.92 Å². The lowest BCUT2D eigenvalue weighted by Crippen LogP contribution is -2.18. The average molecular weight is 242 g/mol. The first-order valence-electron chi connectivity index (χ1n) is 5.74. The molecule has 17 heavy (non-hydrogen) atoms. The number of allylic oxidation sites excluding steroid dienone is 3. The zero-order valence-electron chi connectivity index (χ0n) is 9.66. The van der Waals surface area contributed by atoms with E-state index in [1.165, 1.54) is 21.2 Å². The largest absolute Gasteiger partial charge is 0.357 e. The highest BCUT2D eigenvalue weighted by atomic mass is 32.2. The number of para-hydroxylation sites is 1. The number of rotatable bonds is 1. The van der Waals surface area contributed by atoms with Crippen molar-refractivity contribution in [3.8, 4) is 0 Å². The van der Waals surface area contributed by atoms with Crippen LogP contribution in [-0.4, -0.2) is 5.71 Å². The van der Waals surface area contributed by atoms with Gasteiger partial charge in [0, 0.05) is 33.5 Å². The maximum Gasteiger partial charge on any atom is 0.0523 e. The summed E-state index contributed by atoms with van der Waals surface area (Å²) in [5, 5.41) is 11.2. The summed E-state index contributed by atoms with van der Waals surface area (Å²) in [7, 11) is 0. The van der Waals surface area contributed by atoms with Gasteiger partial charge in [0.15, 0.2) is 0 Å². The molecule has 1 aromatic rings. The van der Waals surface area contributed by atoms with Crippen molar-refractivity contribution in [2.75, 3.05) is 5.32 Å². The molecule has 2 N–H and O–H groups in total. The van der Waals surface area contributed by atoms with Crippen LogP contribution in [0.15, 0.2) is 51.9 Å². The number of thioether (sulfide) groups is 1. The molecule has 1 aliphatic heterocycles. The molecule has 3 heteroatoms. The summed E-state index contributed by atoms with van der Waals surface area (Å²) < 4.78 is 0. The molecule has 2 nitrogen and oxygen atoms in total. The molecule has 86 valence electrons. The first-order chi connectivity index (χ1) is 8.24. The molecule has 1 aromatic carbocycles. The van der Waals surface area contributed by atoms with Gasteiger partial charge < -0.3 is 10.7 Å². The molecule has 0 fully saturated rings. The van der Waals surface area contributed by atoms with Crippen molar-refractivity contribution in [3.05, 3.63) is 47.0 Å². The fourth-order valence-electron chi connectivity index (χ4n) is 2.14. The van der Waals surface area contributed by atoms with E-state index >= 15 is 0 Å². The maximum absolute atomic E-state index is 7.73. The van der Waals surface area contributed by atoms with Crippen LogP contribution in [0.5, 0.6) is 0 Å². The van der Waals surface area contributed by atoms with Gasteiger partial charge in [0.2, 0.25) is 0 Å². The van der Waals surface area contributed by atoms with Crippen LogP contribution < -0.4 is 5.32 Å². The molecule has 1 aliphatic carbocycles. The third kappa shape index (κ3) is 1.91. The lowest BCUT2D eigenvalue weighted by molar-refractivity contribution is 0.813. The van der Waals surface area contributed by atoms with E-state index in [2.05, 4.69) is 41.7 Å². The van der Waals surface area contributed by atoms with Gasteiger partial charge in [-0.1, -0.05) is 30.0 Å². The number of hydrogen-bond donors (Lipinski definition) is 2. The van der Waals surface area contributed by atoms with Crippen molar-refractivity contribution >= 4 is 23.2 Å². The van der Waals surface area contributed by atoms with E-state index in [1.807, 2.05) is 18.7 Å². The minimum atomic E-state index is 0.257. The van der Waals surface area contributed by atoms with Crippen molar-refractivity contribution in [3.63, 3.8) is 0 Å². The molecule has 3 rings (SSSR count).